The van der Waals surface area contributed by atoms with Gasteiger partial charge in [0.15, 0.2) is 6.29 Å². The SMILES string of the molecule is N#Cc1c(O)cc(C=O)c2sccc12. The number of hydrogen-bond acceptors (Lipinski definition) is 4. The van der Waals surface area contributed by atoms with Crippen molar-refractivity contribution in [1.29, 1.82) is 5.26 Å². The normalized spacial score (nSPS) is 9.93. The fraction of sp³-hybridized carbons (Fsp3) is 0. The maximum Gasteiger partial charge on any atom is 0.151 e. The first-order chi connectivity index (χ1) is 6.77. The summed E-state index contributed by atoms with van der Waals surface area (Å²) in [4.78, 5) is 10.7. The molecule has 0 saturated carbocycles. The zero-order chi connectivity index (χ0) is 10.1. The van der Waals surface area contributed by atoms with E-state index in [9.17, 15) is 9.90 Å². The van der Waals surface area contributed by atoms with E-state index in [1.807, 2.05) is 6.07 Å². The van der Waals surface area contributed by atoms with E-state index in [2.05, 4.69) is 0 Å². The largest absolute Gasteiger partial charge is 0.507 e. The van der Waals surface area contributed by atoms with Crippen molar-refractivity contribution in [3.8, 4) is 11.8 Å². The molecule has 2 rings (SSSR count). The van der Waals surface area contributed by atoms with Gasteiger partial charge in [0.2, 0.25) is 0 Å². The smallest absolute Gasteiger partial charge is 0.151 e. The van der Waals surface area contributed by atoms with Crippen molar-refractivity contribution in [2.45, 2.75) is 0 Å². The third-order valence-electron chi connectivity index (χ3n) is 1.98. The Labute approximate surface area is 83.8 Å². The van der Waals surface area contributed by atoms with Gasteiger partial charge < -0.3 is 5.11 Å². The average molecular weight is 203 g/mol. The minimum Gasteiger partial charge on any atom is -0.507 e. The molecule has 0 bridgehead atoms. The van der Waals surface area contributed by atoms with Crippen molar-refractivity contribution < 1.29 is 9.90 Å². The van der Waals surface area contributed by atoms with E-state index in [0.717, 1.165) is 4.70 Å². The van der Waals surface area contributed by atoms with Crippen molar-refractivity contribution >= 4 is 27.7 Å². The number of aromatic hydroxyl groups is 1. The maximum absolute atomic E-state index is 10.7. The molecule has 4 heteroatoms. The van der Waals surface area contributed by atoms with Crippen LogP contribution in [0.4, 0.5) is 0 Å². The van der Waals surface area contributed by atoms with Gasteiger partial charge in [0.1, 0.15) is 17.4 Å². The first-order valence-electron chi connectivity index (χ1n) is 3.86. The molecular formula is C10H5NO2S. The molecule has 1 aromatic carbocycles. The standard InChI is InChI=1S/C10H5NO2S/c11-4-8-7-1-2-14-10(7)6(5-12)3-9(8)13/h1-3,5,13H. The summed E-state index contributed by atoms with van der Waals surface area (Å²) in [6, 6.07) is 4.97. The van der Waals surface area contributed by atoms with Crippen molar-refractivity contribution in [2.24, 2.45) is 0 Å². The average Bonchev–Trinajstić information content (AvgIpc) is 2.65. The summed E-state index contributed by atoms with van der Waals surface area (Å²) in [5.74, 6) is -0.138. The highest BCUT2D eigenvalue weighted by molar-refractivity contribution is 7.17. The Hall–Kier alpha value is -1.86. The molecule has 0 atom stereocenters. The van der Waals surface area contributed by atoms with Gasteiger partial charge in [-0.3, -0.25) is 4.79 Å². The molecule has 14 heavy (non-hydrogen) atoms. The number of benzene rings is 1. The zero-order valence-electron chi connectivity index (χ0n) is 7.02. The third kappa shape index (κ3) is 1.07. The van der Waals surface area contributed by atoms with E-state index < -0.39 is 0 Å². The van der Waals surface area contributed by atoms with Crippen LogP contribution in [0.5, 0.6) is 5.75 Å². The molecular weight excluding hydrogens is 198 g/mol. The van der Waals surface area contributed by atoms with Crippen LogP contribution in [0.15, 0.2) is 17.5 Å². The van der Waals surface area contributed by atoms with Crippen LogP contribution in [0.1, 0.15) is 15.9 Å². The summed E-state index contributed by atoms with van der Waals surface area (Å²) < 4.78 is 0.745. The highest BCUT2D eigenvalue weighted by Gasteiger charge is 2.11. The fourth-order valence-electron chi connectivity index (χ4n) is 1.36. The van der Waals surface area contributed by atoms with Crippen LogP contribution in [-0.4, -0.2) is 11.4 Å². The number of hydrogen-bond donors (Lipinski definition) is 1. The Kier molecular flexibility index (Phi) is 1.95. The summed E-state index contributed by atoms with van der Waals surface area (Å²) in [6.07, 6.45) is 0.680. The van der Waals surface area contributed by atoms with Gasteiger partial charge in [0, 0.05) is 15.6 Å². The van der Waals surface area contributed by atoms with Crippen LogP contribution in [0.25, 0.3) is 10.1 Å². The van der Waals surface area contributed by atoms with Gasteiger partial charge in [0.05, 0.1) is 0 Å². The van der Waals surface area contributed by atoms with Gasteiger partial charge in [-0.15, -0.1) is 11.3 Å². The van der Waals surface area contributed by atoms with Crippen molar-refractivity contribution in [1.82, 2.24) is 0 Å². The highest BCUT2D eigenvalue weighted by atomic mass is 32.1. The number of phenolic OH excluding ortho intramolecular Hbond substituents is 1. The van der Waals surface area contributed by atoms with Gasteiger partial charge in [-0.25, -0.2) is 0 Å². The molecule has 0 unspecified atom stereocenters. The fourth-order valence-corrected chi connectivity index (χ4v) is 2.24. The molecule has 68 valence electrons. The summed E-state index contributed by atoms with van der Waals surface area (Å²) in [5.41, 5.74) is 0.651. The molecule has 0 spiro atoms. The van der Waals surface area contributed by atoms with E-state index in [1.165, 1.54) is 17.4 Å². The minimum atomic E-state index is -0.138. The number of nitrogens with zero attached hydrogens (tertiary/aromatic N) is 1. The summed E-state index contributed by atoms with van der Waals surface area (Å²) in [7, 11) is 0. The molecule has 0 radical (unpaired) electrons. The summed E-state index contributed by atoms with van der Waals surface area (Å²) in [5, 5.41) is 20.7. The van der Waals surface area contributed by atoms with Crippen molar-refractivity contribution in [3.63, 3.8) is 0 Å². The lowest BCUT2D eigenvalue weighted by Crippen LogP contribution is -1.84. The molecule has 0 amide bonds. The molecule has 0 aliphatic carbocycles. The van der Waals surface area contributed by atoms with Crippen LogP contribution in [0.3, 0.4) is 0 Å². The lowest BCUT2D eigenvalue weighted by atomic mass is 10.1. The highest BCUT2D eigenvalue weighted by Crippen LogP contribution is 2.32. The summed E-state index contributed by atoms with van der Waals surface area (Å²) >= 11 is 1.38. The molecule has 1 aromatic heterocycles. The lowest BCUT2D eigenvalue weighted by molar-refractivity contribution is 0.112. The van der Waals surface area contributed by atoms with Gasteiger partial charge in [-0.2, -0.15) is 5.26 Å². The number of carbonyl (C=O) groups is 1. The molecule has 3 nitrogen and oxygen atoms in total. The second-order valence-corrected chi connectivity index (χ2v) is 3.67. The van der Waals surface area contributed by atoms with Crippen LogP contribution < -0.4 is 0 Å². The Balaban J connectivity index is 2.97. The molecule has 1 N–H and O–H groups in total. The number of aldehydes is 1. The first-order valence-corrected chi connectivity index (χ1v) is 4.74. The number of phenols is 1. The predicted octanol–water partition coefficient (Wildman–Crippen LogP) is 2.29. The molecule has 0 fully saturated rings. The molecule has 0 aliphatic heterocycles. The Morgan fingerprint density at radius 3 is 3.00 bits per heavy atom. The monoisotopic (exact) mass is 203 g/mol. The molecule has 0 aliphatic rings. The van der Waals surface area contributed by atoms with E-state index in [4.69, 9.17) is 5.26 Å². The minimum absolute atomic E-state index is 0.138. The molecule has 0 saturated heterocycles. The number of rotatable bonds is 1. The van der Waals surface area contributed by atoms with Crippen molar-refractivity contribution in [2.75, 3.05) is 0 Å². The number of thiophene rings is 1. The van der Waals surface area contributed by atoms with E-state index in [-0.39, 0.29) is 11.3 Å². The Morgan fingerprint density at radius 2 is 2.36 bits per heavy atom. The predicted molar refractivity (Wildman–Crippen MR) is 53.6 cm³/mol. The van der Waals surface area contributed by atoms with Crippen LogP contribution in [-0.2, 0) is 0 Å². The van der Waals surface area contributed by atoms with Gasteiger partial charge in [0.25, 0.3) is 0 Å². The molecule has 2 aromatic rings. The summed E-state index contributed by atoms with van der Waals surface area (Å²) in [6.45, 7) is 0. The van der Waals surface area contributed by atoms with Crippen molar-refractivity contribution in [3.05, 3.63) is 28.6 Å². The van der Waals surface area contributed by atoms with Gasteiger partial charge in [-0.1, -0.05) is 0 Å². The molecule has 1 heterocycles. The topological polar surface area (TPSA) is 61.1 Å². The quantitative estimate of drug-likeness (QED) is 0.723. The van der Waals surface area contributed by atoms with E-state index in [0.29, 0.717) is 17.2 Å². The zero-order valence-corrected chi connectivity index (χ0v) is 7.84. The number of carbonyl (C=O) groups excluding carboxylic acids is 1. The number of fused-ring (bicyclic) bond motifs is 1. The van der Waals surface area contributed by atoms with Crippen LogP contribution in [0.2, 0.25) is 0 Å². The first kappa shape index (κ1) is 8.73. The van der Waals surface area contributed by atoms with Crippen LogP contribution >= 0.6 is 11.3 Å². The Morgan fingerprint density at radius 1 is 1.57 bits per heavy atom. The van der Waals surface area contributed by atoms with E-state index in [1.54, 1.807) is 11.4 Å². The van der Waals surface area contributed by atoms with Gasteiger partial charge >= 0.3 is 0 Å². The second kappa shape index (κ2) is 3.13. The third-order valence-corrected chi connectivity index (χ3v) is 2.95. The van der Waals surface area contributed by atoms with Gasteiger partial charge in [-0.05, 0) is 17.5 Å². The second-order valence-electron chi connectivity index (χ2n) is 2.75. The number of nitriles is 1. The van der Waals surface area contributed by atoms with E-state index >= 15 is 0 Å². The maximum atomic E-state index is 10.7. The lowest BCUT2D eigenvalue weighted by Gasteiger charge is -1.99. The van der Waals surface area contributed by atoms with Crippen LogP contribution in [0, 0.1) is 11.3 Å². The Bertz CT molecular complexity index is 551.